The molecule has 4 rings (SSSR count). The van der Waals surface area contributed by atoms with Crippen LogP contribution in [0.3, 0.4) is 0 Å². The second kappa shape index (κ2) is 13.5. The Balaban J connectivity index is 0.00000195. The minimum absolute atomic E-state index is 0.00234. The summed E-state index contributed by atoms with van der Waals surface area (Å²) in [4.78, 5) is 40.8. The topological polar surface area (TPSA) is 110 Å². The van der Waals surface area contributed by atoms with Crippen molar-refractivity contribution >= 4 is 11.8 Å². The number of aliphatic hydroxyl groups is 1. The molecule has 3 aromatic rings. The van der Waals surface area contributed by atoms with E-state index in [1.165, 1.54) is 47.0 Å². The fourth-order valence-corrected chi connectivity index (χ4v) is 3.89. The molecule has 1 aromatic heterocycles. The number of methoxy groups -OCH3 is 1. The van der Waals surface area contributed by atoms with Gasteiger partial charge in [0.2, 0.25) is 5.43 Å². The van der Waals surface area contributed by atoms with Crippen LogP contribution in [0.1, 0.15) is 45.8 Å². The van der Waals surface area contributed by atoms with Gasteiger partial charge in [-0.25, -0.2) is 4.39 Å². The maximum atomic E-state index is 13.4. The Kier molecular flexibility index (Phi) is 10.1. The molecule has 0 spiro atoms. The summed E-state index contributed by atoms with van der Waals surface area (Å²) in [5.74, 6) is -1.97. The summed E-state index contributed by atoms with van der Waals surface area (Å²) in [7, 11) is 1.48. The molecule has 1 unspecified atom stereocenters. The van der Waals surface area contributed by atoms with Gasteiger partial charge in [-0.1, -0.05) is 56.3 Å². The predicted octanol–water partition coefficient (Wildman–Crippen LogP) is 2.94. The maximum absolute atomic E-state index is 13.4. The zero-order valence-electron chi connectivity index (χ0n) is 21.6. The summed E-state index contributed by atoms with van der Waals surface area (Å²) in [6.45, 7) is 4.30. The van der Waals surface area contributed by atoms with Crippen LogP contribution in [0.2, 0.25) is 0 Å². The monoisotopic (exact) mass is 525 g/mol. The standard InChI is InChI=1S/C26H26FN3O6.C2H6/c1-35-12-11-30-21(31)15-29-14-20(25(33)28-13-17-7-9-19(27)10-8-17)23(32)24(22(29)26(30)34)36-16-18-5-3-2-4-6-18;1-2/h2-10,14,21,31H,11-13,15-16H2,1H3,(H,28,33);1-2H3. The third-order valence-corrected chi connectivity index (χ3v) is 5.79. The van der Waals surface area contributed by atoms with Crippen LogP contribution < -0.4 is 15.5 Å². The van der Waals surface area contributed by atoms with Crippen LogP contribution in [-0.4, -0.2) is 52.9 Å². The van der Waals surface area contributed by atoms with E-state index in [0.717, 1.165) is 5.56 Å². The first-order valence-electron chi connectivity index (χ1n) is 12.3. The number of amides is 2. The van der Waals surface area contributed by atoms with E-state index in [9.17, 15) is 23.9 Å². The fourth-order valence-electron chi connectivity index (χ4n) is 3.89. The highest BCUT2D eigenvalue weighted by Gasteiger charge is 2.36. The molecule has 0 bridgehead atoms. The first-order valence-corrected chi connectivity index (χ1v) is 12.3. The van der Waals surface area contributed by atoms with E-state index in [2.05, 4.69) is 5.32 Å². The van der Waals surface area contributed by atoms with Crippen molar-refractivity contribution in [2.24, 2.45) is 0 Å². The van der Waals surface area contributed by atoms with Crippen molar-refractivity contribution in [2.45, 2.75) is 39.8 Å². The van der Waals surface area contributed by atoms with E-state index in [1.54, 1.807) is 12.1 Å². The molecule has 10 heteroatoms. The van der Waals surface area contributed by atoms with Gasteiger partial charge in [0.1, 0.15) is 24.2 Å². The highest BCUT2D eigenvalue weighted by molar-refractivity contribution is 5.99. The van der Waals surface area contributed by atoms with Crippen molar-refractivity contribution in [2.75, 3.05) is 20.3 Å². The summed E-state index contributed by atoms with van der Waals surface area (Å²) in [5.41, 5.74) is 0.371. The predicted molar refractivity (Wildman–Crippen MR) is 139 cm³/mol. The fraction of sp³-hybridized carbons (Fsp3) is 0.321. The van der Waals surface area contributed by atoms with Gasteiger partial charge in [-0.15, -0.1) is 0 Å². The zero-order valence-corrected chi connectivity index (χ0v) is 21.6. The number of aliphatic hydroxyl groups excluding tert-OH is 1. The van der Waals surface area contributed by atoms with E-state index < -0.39 is 29.3 Å². The van der Waals surface area contributed by atoms with Gasteiger partial charge in [0, 0.05) is 26.4 Å². The summed E-state index contributed by atoms with van der Waals surface area (Å²) < 4.78 is 25.4. The van der Waals surface area contributed by atoms with Gasteiger partial charge in [0.25, 0.3) is 11.8 Å². The average molecular weight is 526 g/mol. The SMILES string of the molecule is CC.COCCN1C(=O)c2c(OCc3ccccc3)c(=O)c(C(=O)NCc3ccc(F)cc3)cn2CC1O. The molecular formula is C28H32FN3O6. The first-order chi connectivity index (χ1) is 18.4. The summed E-state index contributed by atoms with van der Waals surface area (Å²) >= 11 is 0. The van der Waals surface area contributed by atoms with Crippen LogP contribution in [0, 0.1) is 5.82 Å². The number of halogens is 1. The lowest BCUT2D eigenvalue weighted by Crippen LogP contribution is -2.50. The number of rotatable bonds is 9. The molecule has 2 heterocycles. The number of fused-ring (bicyclic) bond motifs is 1. The Morgan fingerprint density at radius 1 is 1.08 bits per heavy atom. The summed E-state index contributed by atoms with van der Waals surface area (Å²) in [5, 5.41) is 13.2. The number of carbonyl (C=O) groups is 2. The Labute approximate surface area is 220 Å². The first kappa shape index (κ1) is 28.5. The largest absolute Gasteiger partial charge is 0.483 e. The van der Waals surface area contributed by atoms with Crippen LogP contribution in [0.4, 0.5) is 4.39 Å². The van der Waals surface area contributed by atoms with Gasteiger partial charge < -0.3 is 29.4 Å². The van der Waals surface area contributed by atoms with Gasteiger partial charge >= 0.3 is 0 Å². The van der Waals surface area contributed by atoms with Gasteiger partial charge in [-0.05, 0) is 23.3 Å². The van der Waals surface area contributed by atoms with Crippen molar-refractivity contribution in [1.82, 2.24) is 14.8 Å². The van der Waals surface area contributed by atoms with Crippen molar-refractivity contribution in [3.05, 3.63) is 99.2 Å². The molecule has 1 aliphatic heterocycles. The number of aromatic nitrogens is 1. The lowest BCUT2D eigenvalue weighted by molar-refractivity contribution is -0.0208. The highest BCUT2D eigenvalue weighted by Crippen LogP contribution is 2.24. The number of pyridine rings is 1. The summed E-state index contributed by atoms with van der Waals surface area (Å²) in [6, 6.07) is 14.7. The van der Waals surface area contributed by atoms with Crippen molar-refractivity contribution in [1.29, 1.82) is 0 Å². The number of hydrogen-bond acceptors (Lipinski definition) is 6. The highest BCUT2D eigenvalue weighted by atomic mass is 19.1. The van der Waals surface area contributed by atoms with Gasteiger partial charge in [0.05, 0.1) is 13.2 Å². The van der Waals surface area contributed by atoms with E-state index in [0.29, 0.717) is 5.56 Å². The molecule has 9 nitrogen and oxygen atoms in total. The van der Waals surface area contributed by atoms with Crippen LogP contribution in [0.15, 0.2) is 65.6 Å². The third kappa shape index (κ3) is 6.64. The van der Waals surface area contributed by atoms with E-state index >= 15 is 0 Å². The molecule has 0 saturated carbocycles. The molecule has 0 saturated heterocycles. The molecule has 1 aliphatic rings. The molecule has 2 amide bonds. The number of ether oxygens (including phenoxy) is 2. The number of benzene rings is 2. The third-order valence-electron chi connectivity index (χ3n) is 5.79. The Morgan fingerprint density at radius 2 is 1.76 bits per heavy atom. The second-order valence-corrected chi connectivity index (χ2v) is 8.26. The average Bonchev–Trinajstić information content (AvgIpc) is 2.93. The summed E-state index contributed by atoms with van der Waals surface area (Å²) in [6.07, 6.45) is 0.0710. The minimum Gasteiger partial charge on any atom is -0.483 e. The van der Waals surface area contributed by atoms with E-state index in [-0.39, 0.29) is 49.9 Å². The van der Waals surface area contributed by atoms with Crippen LogP contribution >= 0.6 is 0 Å². The molecule has 38 heavy (non-hydrogen) atoms. The van der Waals surface area contributed by atoms with E-state index in [4.69, 9.17) is 9.47 Å². The van der Waals surface area contributed by atoms with E-state index in [1.807, 2.05) is 32.0 Å². The molecule has 2 aromatic carbocycles. The zero-order chi connectivity index (χ0) is 27.7. The number of nitrogens with one attached hydrogen (secondary N) is 1. The smallest absolute Gasteiger partial charge is 0.276 e. The molecule has 0 aliphatic carbocycles. The maximum Gasteiger partial charge on any atom is 0.276 e. The minimum atomic E-state index is -1.18. The van der Waals surface area contributed by atoms with Gasteiger partial charge in [-0.2, -0.15) is 0 Å². The number of nitrogens with zero attached hydrogens (tertiary/aromatic N) is 2. The lowest BCUT2D eigenvalue weighted by atomic mass is 10.1. The molecular weight excluding hydrogens is 493 g/mol. The number of hydrogen-bond donors (Lipinski definition) is 2. The molecule has 2 N–H and O–H groups in total. The van der Waals surface area contributed by atoms with Crippen molar-refractivity contribution in [3.63, 3.8) is 0 Å². The van der Waals surface area contributed by atoms with Crippen LogP contribution in [-0.2, 0) is 24.4 Å². The molecule has 0 fully saturated rings. The van der Waals surface area contributed by atoms with Gasteiger partial charge in [0.15, 0.2) is 11.4 Å². The normalized spacial score (nSPS) is 14.3. The van der Waals surface area contributed by atoms with Crippen LogP contribution in [0.25, 0.3) is 0 Å². The number of carbonyl (C=O) groups excluding carboxylic acids is 2. The Bertz CT molecular complexity index is 1290. The van der Waals surface area contributed by atoms with Crippen LogP contribution in [0.5, 0.6) is 5.75 Å². The molecule has 1 atom stereocenters. The molecule has 202 valence electrons. The van der Waals surface area contributed by atoms with Crippen molar-refractivity contribution in [3.8, 4) is 5.75 Å². The second-order valence-electron chi connectivity index (χ2n) is 8.26. The van der Waals surface area contributed by atoms with Crippen molar-refractivity contribution < 1.29 is 28.6 Å². The Morgan fingerprint density at radius 3 is 2.42 bits per heavy atom. The molecule has 0 radical (unpaired) electrons. The Hall–Kier alpha value is -4.02. The van der Waals surface area contributed by atoms with Gasteiger partial charge in [-0.3, -0.25) is 14.4 Å². The quantitative estimate of drug-likeness (QED) is 0.445. The lowest BCUT2D eigenvalue weighted by Gasteiger charge is -2.35.